The number of ketones is 1. The third-order valence-corrected chi connectivity index (χ3v) is 5.18. The molecule has 3 rings (SSSR count). The first kappa shape index (κ1) is 23.0. The number of benzene rings is 2. The number of esters is 1. The van der Waals surface area contributed by atoms with Crippen LogP contribution >= 0.6 is 0 Å². The average Bonchev–Trinajstić information content (AvgIpc) is 3.01. The van der Waals surface area contributed by atoms with E-state index >= 15 is 0 Å². The topological polar surface area (TPSA) is 102 Å². The van der Waals surface area contributed by atoms with E-state index < -0.39 is 23.7 Å². The van der Waals surface area contributed by atoms with E-state index in [2.05, 4.69) is 0 Å². The fourth-order valence-corrected chi connectivity index (χ4v) is 3.74. The Bertz CT molecular complexity index is 1090. The number of methoxy groups -OCH3 is 2. The van der Waals surface area contributed by atoms with Crippen molar-refractivity contribution < 1.29 is 33.7 Å². The summed E-state index contributed by atoms with van der Waals surface area (Å²) < 4.78 is 15.5. The molecule has 1 amide bonds. The number of aliphatic hydroxyl groups is 1. The summed E-state index contributed by atoms with van der Waals surface area (Å²) in [5, 5.41) is 11.1. The third-order valence-electron chi connectivity index (χ3n) is 5.18. The monoisotopic (exact) mass is 439 g/mol. The number of nitrogens with zero attached hydrogens (tertiary/aromatic N) is 1. The molecule has 1 N–H and O–H groups in total. The number of carbonyl (C=O) groups is 3. The van der Waals surface area contributed by atoms with Crippen LogP contribution in [0.25, 0.3) is 5.76 Å². The van der Waals surface area contributed by atoms with Crippen molar-refractivity contribution in [3.8, 4) is 11.5 Å². The van der Waals surface area contributed by atoms with Crippen molar-refractivity contribution in [1.82, 2.24) is 4.90 Å². The number of amides is 1. The number of carbonyl (C=O) groups excluding carboxylic acids is 3. The molecule has 0 spiro atoms. The lowest BCUT2D eigenvalue weighted by atomic mass is 9.94. The molecule has 1 atom stereocenters. The van der Waals surface area contributed by atoms with Gasteiger partial charge in [-0.05, 0) is 48.4 Å². The minimum Gasteiger partial charge on any atom is -0.507 e. The standard InChI is InChI=1S/C24H25NO7/c1-14-12-17(8-9-19(14)31-4)22(27)20-21(25(10-11-30-3)24(29)23(20)28)16-6-5-7-18(13-16)32-15(2)26/h5-9,12-13,21,27H,10-11H2,1-4H3/b22-20+. The van der Waals surface area contributed by atoms with Crippen LogP contribution in [0.3, 0.4) is 0 Å². The van der Waals surface area contributed by atoms with Gasteiger partial charge in [-0.3, -0.25) is 14.4 Å². The van der Waals surface area contributed by atoms with Gasteiger partial charge in [0.1, 0.15) is 17.3 Å². The van der Waals surface area contributed by atoms with Crippen LogP contribution in [0.5, 0.6) is 11.5 Å². The molecule has 8 heteroatoms. The van der Waals surface area contributed by atoms with Crippen molar-refractivity contribution in [3.05, 3.63) is 64.7 Å². The fraction of sp³-hybridized carbons (Fsp3) is 0.292. The van der Waals surface area contributed by atoms with Crippen LogP contribution in [0.15, 0.2) is 48.0 Å². The Kier molecular flexibility index (Phi) is 6.95. The molecule has 0 radical (unpaired) electrons. The maximum atomic E-state index is 13.0. The van der Waals surface area contributed by atoms with E-state index in [1.165, 1.54) is 18.9 Å². The number of Topliss-reactive ketones (excluding diaryl/α,β-unsaturated/α-hetero) is 1. The van der Waals surface area contributed by atoms with E-state index in [-0.39, 0.29) is 30.2 Å². The lowest BCUT2D eigenvalue weighted by molar-refractivity contribution is -0.140. The molecule has 0 saturated carbocycles. The Hall–Kier alpha value is -3.65. The summed E-state index contributed by atoms with van der Waals surface area (Å²) in [6.07, 6.45) is 0. The van der Waals surface area contributed by atoms with Gasteiger partial charge in [0.15, 0.2) is 0 Å². The van der Waals surface area contributed by atoms with Gasteiger partial charge in [0.25, 0.3) is 11.7 Å². The molecule has 8 nitrogen and oxygen atoms in total. The Labute approximate surface area is 186 Å². The molecular weight excluding hydrogens is 414 g/mol. The lowest BCUT2D eigenvalue weighted by Gasteiger charge is -2.25. The Morgan fingerprint density at radius 1 is 1.12 bits per heavy atom. The first-order valence-corrected chi connectivity index (χ1v) is 9.99. The summed E-state index contributed by atoms with van der Waals surface area (Å²) in [7, 11) is 3.03. The fourth-order valence-electron chi connectivity index (χ4n) is 3.74. The van der Waals surface area contributed by atoms with Gasteiger partial charge in [0.05, 0.1) is 25.3 Å². The molecule has 1 saturated heterocycles. The number of ether oxygens (including phenoxy) is 3. The van der Waals surface area contributed by atoms with Crippen molar-refractivity contribution in [1.29, 1.82) is 0 Å². The number of aryl methyl sites for hydroxylation is 1. The smallest absolute Gasteiger partial charge is 0.308 e. The molecule has 1 fully saturated rings. The number of rotatable bonds is 7. The second-order valence-electron chi connectivity index (χ2n) is 7.34. The quantitative estimate of drug-likeness (QED) is 0.233. The van der Waals surface area contributed by atoms with E-state index in [9.17, 15) is 19.5 Å². The van der Waals surface area contributed by atoms with Gasteiger partial charge in [0.2, 0.25) is 0 Å². The van der Waals surface area contributed by atoms with Crippen molar-refractivity contribution in [2.24, 2.45) is 0 Å². The molecule has 2 aromatic rings. The van der Waals surface area contributed by atoms with Crippen molar-refractivity contribution in [2.45, 2.75) is 19.9 Å². The van der Waals surface area contributed by atoms with Gasteiger partial charge in [-0.1, -0.05) is 12.1 Å². The summed E-state index contributed by atoms with van der Waals surface area (Å²) in [6, 6.07) is 10.6. The highest BCUT2D eigenvalue weighted by Gasteiger charge is 2.46. The normalized spacial score (nSPS) is 17.5. The zero-order chi connectivity index (χ0) is 23.4. The molecule has 168 valence electrons. The Balaban J connectivity index is 2.16. The SMILES string of the molecule is COCCN1C(=O)C(=O)/C(=C(/O)c2ccc(OC)c(C)c2)C1c1cccc(OC(C)=O)c1. The van der Waals surface area contributed by atoms with Crippen molar-refractivity contribution >= 4 is 23.4 Å². The summed E-state index contributed by atoms with van der Waals surface area (Å²) in [6.45, 7) is 3.44. The van der Waals surface area contributed by atoms with E-state index in [1.807, 2.05) is 6.92 Å². The van der Waals surface area contributed by atoms with E-state index in [4.69, 9.17) is 14.2 Å². The highest BCUT2D eigenvalue weighted by Crippen LogP contribution is 2.40. The van der Waals surface area contributed by atoms with E-state index in [0.29, 0.717) is 16.9 Å². The van der Waals surface area contributed by atoms with Crippen LogP contribution in [-0.2, 0) is 19.1 Å². The van der Waals surface area contributed by atoms with Gasteiger partial charge < -0.3 is 24.2 Å². The zero-order valence-corrected chi connectivity index (χ0v) is 18.4. The van der Waals surface area contributed by atoms with Crippen LogP contribution in [0.1, 0.15) is 29.7 Å². The van der Waals surface area contributed by atoms with Gasteiger partial charge in [-0.15, -0.1) is 0 Å². The predicted octanol–water partition coefficient (Wildman–Crippen LogP) is 3.00. The van der Waals surface area contributed by atoms with Gasteiger partial charge in [0, 0.05) is 26.1 Å². The summed E-state index contributed by atoms with van der Waals surface area (Å²) in [4.78, 5) is 38.6. The summed E-state index contributed by atoms with van der Waals surface area (Å²) in [5.41, 5.74) is 1.62. The highest BCUT2D eigenvalue weighted by atomic mass is 16.5. The van der Waals surface area contributed by atoms with Gasteiger partial charge in [-0.2, -0.15) is 0 Å². The summed E-state index contributed by atoms with van der Waals surface area (Å²) in [5.74, 6) is -1.42. The Morgan fingerprint density at radius 2 is 1.88 bits per heavy atom. The van der Waals surface area contributed by atoms with Crippen LogP contribution < -0.4 is 9.47 Å². The molecule has 2 aromatic carbocycles. The molecule has 1 unspecified atom stereocenters. The molecule has 0 aromatic heterocycles. The first-order valence-electron chi connectivity index (χ1n) is 9.99. The molecule has 1 aliphatic rings. The number of aliphatic hydroxyl groups excluding tert-OH is 1. The van der Waals surface area contributed by atoms with Crippen LogP contribution in [0.2, 0.25) is 0 Å². The number of hydrogen-bond donors (Lipinski definition) is 1. The van der Waals surface area contributed by atoms with Crippen molar-refractivity contribution in [3.63, 3.8) is 0 Å². The van der Waals surface area contributed by atoms with E-state index in [1.54, 1.807) is 49.6 Å². The van der Waals surface area contributed by atoms with Gasteiger partial charge in [-0.25, -0.2) is 0 Å². The molecule has 0 bridgehead atoms. The maximum absolute atomic E-state index is 13.0. The van der Waals surface area contributed by atoms with Gasteiger partial charge >= 0.3 is 5.97 Å². The molecule has 1 heterocycles. The van der Waals surface area contributed by atoms with E-state index in [0.717, 1.165) is 5.56 Å². The average molecular weight is 439 g/mol. The largest absolute Gasteiger partial charge is 0.507 e. The maximum Gasteiger partial charge on any atom is 0.308 e. The first-order chi connectivity index (χ1) is 15.3. The highest BCUT2D eigenvalue weighted by molar-refractivity contribution is 6.46. The second-order valence-corrected chi connectivity index (χ2v) is 7.34. The number of likely N-dealkylation sites (tertiary alicyclic amines) is 1. The molecular formula is C24H25NO7. The minimum absolute atomic E-state index is 0.0457. The number of hydrogen-bond acceptors (Lipinski definition) is 7. The van der Waals surface area contributed by atoms with Crippen LogP contribution in [0, 0.1) is 6.92 Å². The molecule has 0 aliphatic carbocycles. The van der Waals surface area contributed by atoms with Crippen molar-refractivity contribution in [2.75, 3.05) is 27.4 Å². The zero-order valence-electron chi connectivity index (χ0n) is 18.4. The predicted molar refractivity (Wildman–Crippen MR) is 116 cm³/mol. The molecule has 32 heavy (non-hydrogen) atoms. The molecule has 1 aliphatic heterocycles. The lowest BCUT2D eigenvalue weighted by Crippen LogP contribution is -2.32. The minimum atomic E-state index is -0.872. The van der Waals surface area contributed by atoms with Crippen LogP contribution in [-0.4, -0.2) is 55.0 Å². The third kappa shape index (κ3) is 4.50. The summed E-state index contributed by atoms with van der Waals surface area (Å²) >= 11 is 0. The Morgan fingerprint density at radius 3 is 2.50 bits per heavy atom. The van der Waals surface area contributed by atoms with Crippen LogP contribution in [0.4, 0.5) is 0 Å². The second kappa shape index (κ2) is 9.65.